The lowest BCUT2D eigenvalue weighted by molar-refractivity contribution is 0.0602. The van der Waals surface area contributed by atoms with E-state index in [-0.39, 0.29) is 0 Å². The fraction of sp³-hybridized carbons (Fsp3) is 0.125. The minimum atomic E-state index is -0.404. The largest absolute Gasteiger partial charge is 0.465 e. The first-order chi connectivity index (χ1) is 5.79. The number of benzene rings is 1. The van der Waals surface area contributed by atoms with E-state index in [9.17, 15) is 4.79 Å². The van der Waals surface area contributed by atoms with Crippen molar-refractivity contribution in [1.82, 2.24) is 0 Å². The highest BCUT2D eigenvalue weighted by molar-refractivity contribution is 6.25. The van der Waals surface area contributed by atoms with Crippen LogP contribution in [0.5, 0.6) is 0 Å². The van der Waals surface area contributed by atoms with Crippen LogP contribution >= 0.6 is 11.8 Å². The molecule has 1 N–H and O–H groups in total. The molecule has 0 aliphatic carbocycles. The molecule has 0 saturated heterocycles. The molecule has 3 nitrogen and oxygen atoms in total. The van der Waals surface area contributed by atoms with Gasteiger partial charge in [0.15, 0.2) is 0 Å². The second kappa shape index (κ2) is 3.97. The Kier molecular flexibility index (Phi) is 2.94. The van der Waals surface area contributed by atoms with Gasteiger partial charge in [0.05, 0.1) is 18.4 Å². The van der Waals surface area contributed by atoms with E-state index in [0.29, 0.717) is 11.3 Å². The molecule has 4 heteroatoms. The molecule has 0 fully saturated rings. The fourth-order valence-electron chi connectivity index (χ4n) is 0.853. The van der Waals surface area contributed by atoms with Crippen LogP contribution in [-0.4, -0.2) is 13.1 Å². The van der Waals surface area contributed by atoms with Gasteiger partial charge in [0.2, 0.25) is 0 Å². The van der Waals surface area contributed by atoms with E-state index < -0.39 is 5.97 Å². The normalized spacial score (nSPS) is 9.17. The van der Waals surface area contributed by atoms with Crippen molar-refractivity contribution < 1.29 is 9.53 Å². The number of ether oxygens (including phenoxy) is 1. The number of hydrogen-bond donors (Lipinski definition) is 1. The number of carbonyl (C=O) groups is 1. The maximum Gasteiger partial charge on any atom is 0.340 e. The Labute approximate surface area is 75.4 Å². The molecule has 64 valence electrons. The van der Waals surface area contributed by atoms with Crippen LogP contribution in [0.25, 0.3) is 0 Å². The van der Waals surface area contributed by atoms with Crippen LogP contribution in [-0.2, 0) is 4.74 Å². The molecule has 0 spiro atoms. The van der Waals surface area contributed by atoms with E-state index in [1.807, 2.05) is 0 Å². The summed E-state index contributed by atoms with van der Waals surface area (Å²) in [5.74, 6) is -0.404. The van der Waals surface area contributed by atoms with Crippen molar-refractivity contribution in [3.05, 3.63) is 29.8 Å². The van der Waals surface area contributed by atoms with Crippen molar-refractivity contribution in [2.45, 2.75) is 0 Å². The first-order valence-corrected chi connectivity index (χ1v) is 3.71. The number of nitrogens with one attached hydrogen (secondary N) is 1. The minimum absolute atomic E-state index is 0.404. The standard InChI is InChI=1S/C8H8ClNO2/c1-12-8(11)6-4-2-3-5-7(6)10-9/h2-5,10H,1H3. The van der Waals surface area contributed by atoms with Crippen LogP contribution in [0, 0.1) is 0 Å². The number of methoxy groups -OCH3 is 1. The highest BCUT2D eigenvalue weighted by Crippen LogP contribution is 2.16. The zero-order chi connectivity index (χ0) is 8.97. The predicted molar refractivity (Wildman–Crippen MR) is 47.3 cm³/mol. The van der Waals surface area contributed by atoms with Crippen LogP contribution in [0.15, 0.2) is 24.3 Å². The number of halogens is 1. The van der Waals surface area contributed by atoms with Crippen LogP contribution in [0.1, 0.15) is 10.4 Å². The van der Waals surface area contributed by atoms with Crippen molar-refractivity contribution in [3.63, 3.8) is 0 Å². The number of carbonyl (C=O) groups excluding carboxylic acids is 1. The zero-order valence-electron chi connectivity index (χ0n) is 6.50. The molecule has 12 heavy (non-hydrogen) atoms. The Bertz CT molecular complexity index is 288. The highest BCUT2D eigenvalue weighted by Gasteiger charge is 2.09. The molecule has 0 heterocycles. The molecular formula is C8H8ClNO2. The summed E-state index contributed by atoms with van der Waals surface area (Å²) in [5, 5.41) is 0. The summed E-state index contributed by atoms with van der Waals surface area (Å²) < 4.78 is 4.54. The zero-order valence-corrected chi connectivity index (χ0v) is 7.26. The van der Waals surface area contributed by atoms with Crippen LogP contribution in [0.3, 0.4) is 0 Å². The Morgan fingerprint density at radius 3 is 2.75 bits per heavy atom. The van der Waals surface area contributed by atoms with Crippen molar-refractivity contribution in [1.29, 1.82) is 0 Å². The maximum absolute atomic E-state index is 11.1. The molecule has 0 bridgehead atoms. The first kappa shape index (κ1) is 8.87. The molecule has 1 aromatic rings. The fourth-order valence-corrected chi connectivity index (χ4v) is 1.02. The summed E-state index contributed by atoms with van der Waals surface area (Å²) in [5.41, 5.74) is 0.973. The van der Waals surface area contributed by atoms with Crippen molar-refractivity contribution in [3.8, 4) is 0 Å². The molecule has 0 atom stereocenters. The van der Waals surface area contributed by atoms with Gasteiger partial charge < -0.3 is 4.74 Å². The second-order valence-electron chi connectivity index (χ2n) is 2.13. The van der Waals surface area contributed by atoms with E-state index in [2.05, 4.69) is 9.57 Å². The molecule has 1 aromatic carbocycles. The number of anilines is 1. The third kappa shape index (κ3) is 1.68. The Balaban J connectivity index is 3.04. The number of esters is 1. The molecule has 0 saturated carbocycles. The van der Waals surface area contributed by atoms with E-state index in [0.717, 1.165) is 0 Å². The summed E-state index contributed by atoms with van der Waals surface area (Å²) in [6.45, 7) is 0. The third-order valence-electron chi connectivity index (χ3n) is 1.43. The maximum atomic E-state index is 11.1. The Morgan fingerprint density at radius 1 is 1.50 bits per heavy atom. The van der Waals surface area contributed by atoms with Gasteiger partial charge in [0.1, 0.15) is 0 Å². The van der Waals surface area contributed by atoms with Crippen LogP contribution in [0.2, 0.25) is 0 Å². The predicted octanol–water partition coefficient (Wildman–Crippen LogP) is 2.04. The topological polar surface area (TPSA) is 38.3 Å². The summed E-state index contributed by atoms with van der Waals surface area (Å²) in [6, 6.07) is 6.84. The molecule has 0 aromatic heterocycles. The first-order valence-electron chi connectivity index (χ1n) is 3.33. The van der Waals surface area contributed by atoms with E-state index in [4.69, 9.17) is 11.8 Å². The smallest absolute Gasteiger partial charge is 0.340 e. The van der Waals surface area contributed by atoms with Crippen molar-refractivity contribution in [2.24, 2.45) is 0 Å². The van der Waals surface area contributed by atoms with Gasteiger partial charge in [-0.25, -0.2) is 4.79 Å². The molecule has 0 radical (unpaired) electrons. The molecule has 1 rings (SSSR count). The SMILES string of the molecule is COC(=O)c1ccccc1NCl. The van der Waals surface area contributed by atoms with E-state index >= 15 is 0 Å². The summed E-state index contributed by atoms with van der Waals surface area (Å²) in [4.78, 5) is 13.5. The van der Waals surface area contributed by atoms with Crippen LogP contribution in [0.4, 0.5) is 5.69 Å². The quantitative estimate of drug-likeness (QED) is 0.566. The van der Waals surface area contributed by atoms with Gasteiger partial charge in [-0.2, -0.15) is 0 Å². The number of hydrogen-bond acceptors (Lipinski definition) is 3. The molecule has 0 unspecified atom stereocenters. The summed E-state index contributed by atoms with van der Waals surface area (Å²) in [7, 11) is 1.33. The molecule has 0 aliphatic rings. The summed E-state index contributed by atoms with van der Waals surface area (Å²) >= 11 is 5.38. The summed E-state index contributed by atoms with van der Waals surface area (Å²) in [6.07, 6.45) is 0. The van der Waals surface area contributed by atoms with Gasteiger partial charge >= 0.3 is 5.97 Å². The van der Waals surface area contributed by atoms with Gasteiger partial charge in [0, 0.05) is 11.8 Å². The second-order valence-corrected chi connectivity index (χ2v) is 2.32. The van der Waals surface area contributed by atoms with Gasteiger partial charge in [-0.05, 0) is 12.1 Å². The van der Waals surface area contributed by atoms with E-state index in [1.54, 1.807) is 24.3 Å². The van der Waals surface area contributed by atoms with Crippen molar-refractivity contribution in [2.75, 3.05) is 11.9 Å². The monoisotopic (exact) mass is 185 g/mol. The third-order valence-corrected chi connectivity index (χ3v) is 1.64. The lowest BCUT2D eigenvalue weighted by Gasteiger charge is -2.03. The minimum Gasteiger partial charge on any atom is -0.465 e. The van der Waals surface area contributed by atoms with Gasteiger partial charge in [-0.15, -0.1) is 0 Å². The average molecular weight is 186 g/mol. The van der Waals surface area contributed by atoms with Gasteiger partial charge in [0.25, 0.3) is 0 Å². The van der Waals surface area contributed by atoms with E-state index in [1.165, 1.54) is 7.11 Å². The lowest BCUT2D eigenvalue weighted by Crippen LogP contribution is -2.03. The van der Waals surface area contributed by atoms with Gasteiger partial charge in [-0.3, -0.25) is 4.84 Å². The highest BCUT2D eigenvalue weighted by atomic mass is 35.5. The number of rotatable bonds is 2. The average Bonchev–Trinajstić information content (AvgIpc) is 2.16. The lowest BCUT2D eigenvalue weighted by atomic mass is 10.2. The Morgan fingerprint density at radius 2 is 2.17 bits per heavy atom. The Hall–Kier alpha value is -1.22. The molecule has 0 aliphatic heterocycles. The van der Waals surface area contributed by atoms with Crippen molar-refractivity contribution >= 4 is 23.4 Å². The van der Waals surface area contributed by atoms with Crippen LogP contribution < -0.4 is 4.84 Å². The molecular weight excluding hydrogens is 178 g/mol. The van der Waals surface area contributed by atoms with Gasteiger partial charge in [-0.1, -0.05) is 12.1 Å². The number of para-hydroxylation sites is 1. The molecule has 0 amide bonds.